The van der Waals surface area contributed by atoms with Crippen molar-refractivity contribution >= 4 is 23.8 Å². The van der Waals surface area contributed by atoms with E-state index in [1.807, 2.05) is 20.8 Å². The molecule has 0 aromatic rings. The molecular weight excluding hydrogens is 252 g/mol. The van der Waals surface area contributed by atoms with Gasteiger partial charge >= 0.3 is 12.0 Å². The summed E-state index contributed by atoms with van der Waals surface area (Å²) in [7, 11) is 0. The molecule has 0 radical (unpaired) electrons. The van der Waals surface area contributed by atoms with Gasteiger partial charge < -0.3 is 15.7 Å². The lowest BCUT2D eigenvalue weighted by molar-refractivity contribution is -0.139. The molecule has 0 saturated carbocycles. The van der Waals surface area contributed by atoms with E-state index in [1.165, 1.54) is 0 Å². The summed E-state index contributed by atoms with van der Waals surface area (Å²) in [6.07, 6.45) is 0.431. The molecule has 1 unspecified atom stereocenters. The van der Waals surface area contributed by atoms with Gasteiger partial charge in [-0.15, -0.1) is 0 Å². The number of thioether (sulfide) groups is 1. The summed E-state index contributed by atoms with van der Waals surface area (Å²) in [6.45, 7) is 7.81. The van der Waals surface area contributed by atoms with Crippen molar-refractivity contribution in [1.29, 1.82) is 0 Å². The van der Waals surface area contributed by atoms with Crippen molar-refractivity contribution in [2.75, 3.05) is 11.5 Å². The lowest BCUT2D eigenvalue weighted by atomic mass is 10.0. The van der Waals surface area contributed by atoms with Crippen LogP contribution in [0, 0.1) is 5.92 Å². The summed E-state index contributed by atoms with van der Waals surface area (Å²) >= 11 is 1.74. The van der Waals surface area contributed by atoms with Gasteiger partial charge in [-0.25, -0.2) is 9.59 Å². The zero-order valence-corrected chi connectivity index (χ0v) is 12.3. The number of urea groups is 1. The van der Waals surface area contributed by atoms with Gasteiger partial charge in [0.05, 0.1) is 0 Å². The van der Waals surface area contributed by atoms with Gasteiger partial charge in [0.25, 0.3) is 0 Å². The minimum Gasteiger partial charge on any atom is -0.480 e. The molecule has 0 fully saturated rings. The minimum absolute atomic E-state index is 0.0310. The summed E-state index contributed by atoms with van der Waals surface area (Å²) in [6, 6.07) is -1.20. The van der Waals surface area contributed by atoms with Crippen LogP contribution in [0.25, 0.3) is 0 Å². The summed E-state index contributed by atoms with van der Waals surface area (Å²) in [4.78, 5) is 22.6. The van der Waals surface area contributed by atoms with Gasteiger partial charge in [0.2, 0.25) is 0 Å². The Morgan fingerprint density at radius 3 is 2.28 bits per heavy atom. The standard InChI is InChI=1S/C12H24N2O3S/c1-5-18-7-9(4)13-12(17)14-10(11(15)16)6-8(2)3/h8-10H,5-7H2,1-4H3,(H,15,16)(H2,13,14,17)/t9?,10-/m1/s1. The molecule has 2 atom stereocenters. The molecule has 0 aliphatic carbocycles. The first-order chi connectivity index (χ1) is 8.36. The molecule has 106 valence electrons. The smallest absolute Gasteiger partial charge is 0.326 e. The van der Waals surface area contributed by atoms with Crippen molar-refractivity contribution in [2.45, 2.75) is 46.2 Å². The molecule has 0 heterocycles. The fraction of sp³-hybridized carbons (Fsp3) is 0.833. The number of carbonyl (C=O) groups excluding carboxylic acids is 1. The number of aliphatic carboxylic acids is 1. The Morgan fingerprint density at radius 1 is 1.22 bits per heavy atom. The molecule has 0 spiro atoms. The Kier molecular flexibility index (Phi) is 8.62. The van der Waals surface area contributed by atoms with E-state index >= 15 is 0 Å². The summed E-state index contributed by atoms with van der Waals surface area (Å²) in [5.74, 6) is 1.05. The number of carbonyl (C=O) groups is 2. The highest BCUT2D eigenvalue weighted by Gasteiger charge is 2.21. The summed E-state index contributed by atoms with van der Waals surface area (Å²) in [5, 5.41) is 14.2. The van der Waals surface area contributed by atoms with Crippen LogP contribution in [-0.4, -0.2) is 40.7 Å². The van der Waals surface area contributed by atoms with E-state index in [0.29, 0.717) is 6.42 Å². The molecule has 0 aliphatic rings. The van der Waals surface area contributed by atoms with E-state index in [9.17, 15) is 9.59 Å². The molecule has 5 nitrogen and oxygen atoms in total. The zero-order chi connectivity index (χ0) is 14.1. The van der Waals surface area contributed by atoms with Gasteiger partial charge in [0.1, 0.15) is 6.04 Å². The Morgan fingerprint density at radius 2 is 1.83 bits per heavy atom. The Hall–Kier alpha value is -0.910. The Bertz CT molecular complexity index is 272. The van der Waals surface area contributed by atoms with Crippen molar-refractivity contribution in [3.05, 3.63) is 0 Å². The van der Waals surface area contributed by atoms with Crippen LogP contribution in [0.4, 0.5) is 4.79 Å². The monoisotopic (exact) mass is 276 g/mol. The molecule has 0 aliphatic heterocycles. The molecule has 6 heteroatoms. The lowest BCUT2D eigenvalue weighted by Crippen LogP contribution is -2.49. The Labute approximate surface area is 113 Å². The molecule has 0 aromatic carbocycles. The molecule has 0 saturated heterocycles. The minimum atomic E-state index is -0.991. The predicted octanol–water partition coefficient (Wildman–Crippen LogP) is 1.93. The fourth-order valence-electron chi connectivity index (χ4n) is 1.45. The van der Waals surface area contributed by atoms with Gasteiger partial charge in [-0.1, -0.05) is 20.8 Å². The second kappa shape index (κ2) is 9.08. The van der Waals surface area contributed by atoms with Gasteiger partial charge in [0.15, 0.2) is 0 Å². The van der Waals surface area contributed by atoms with E-state index in [0.717, 1.165) is 11.5 Å². The molecule has 3 N–H and O–H groups in total. The molecular formula is C12H24N2O3S. The highest BCUT2D eigenvalue weighted by molar-refractivity contribution is 7.99. The summed E-state index contributed by atoms with van der Waals surface area (Å²) < 4.78 is 0. The third-order valence-electron chi connectivity index (χ3n) is 2.26. The lowest BCUT2D eigenvalue weighted by Gasteiger charge is -2.19. The zero-order valence-electron chi connectivity index (χ0n) is 11.5. The first kappa shape index (κ1) is 17.1. The van der Waals surface area contributed by atoms with Crippen LogP contribution in [0.15, 0.2) is 0 Å². The van der Waals surface area contributed by atoms with E-state index in [-0.39, 0.29) is 12.0 Å². The number of amides is 2. The van der Waals surface area contributed by atoms with Gasteiger partial charge in [-0.05, 0) is 25.0 Å². The van der Waals surface area contributed by atoms with Crippen molar-refractivity contribution in [3.8, 4) is 0 Å². The van der Waals surface area contributed by atoms with Crippen LogP contribution in [-0.2, 0) is 4.79 Å². The second-order valence-electron chi connectivity index (χ2n) is 4.70. The van der Waals surface area contributed by atoms with Crippen LogP contribution in [0.2, 0.25) is 0 Å². The maximum Gasteiger partial charge on any atom is 0.326 e. The average molecular weight is 276 g/mol. The largest absolute Gasteiger partial charge is 0.480 e. The first-order valence-electron chi connectivity index (χ1n) is 6.24. The van der Waals surface area contributed by atoms with Crippen LogP contribution >= 0.6 is 11.8 Å². The van der Waals surface area contributed by atoms with E-state index in [1.54, 1.807) is 11.8 Å². The SMILES string of the molecule is CCSCC(C)NC(=O)N[C@H](CC(C)C)C(=O)O. The first-order valence-corrected chi connectivity index (χ1v) is 7.39. The third kappa shape index (κ3) is 8.22. The quantitative estimate of drug-likeness (QED) is 0.633. The van der Waals surface area contributed by atoms with Crippen LogP contribution < -0.4 is 10.6 Å². The van der Waals surface area contributed by atoms with Crippen molar-refractivity contribution < 1.29 is 14.7 Å². The highest BCUT2D eigenvalue weighted by Crippen LogP contribution is 2.05. The highest BCUT2D eigenvalue weighted by atomic mass is 32.2. The number of rotatable bonds is 8. The third-order valence-corrected chi connectivity index (χ3v) is 3.40. The summed E-state index contributed by atoms with van der Waals surface area (Å²) in [5.41, 5.74) is 0. The fourth-order valence-corrected chi connectivity index (χ4v) is 2.13. The van der Waals surface area contributed by atoms with Crippen LogP contribution in [0.1, 0.15) is 34.1 Å². The maximum atomic E-state index is 11.6. The van der Waals surface area contributed by atoms with Gasteiger partial charge in [0, 0.05) is 11.8 Å². The molecule has 0 bridgehead atoms. The van der Waals surface area contributed by atoms with Crippen molar-refractivity contribution in [1.82, 2.24) is 10.6 Å². The van der Waals surface area contributed by atoms with Gasteiger partial charge in [-0.3, -0.25) is 0 Å². The molecule has 0 rings (SSSR count). The van der Waals surface area contributed by atoms with Crippen molar-refractivity contribution in [3.63, 3.8) is 0 Å². The number of hydrogen-bond acceptors (Lipinski definition) is 3. The number of hydrogen-bond donors (Lipinski definition) is 3. The normalized spacial score (nSPS) is 14.1. The van der Waals surface area contributed by atoms with Crippen LogP contribution in [0.3, 0.4) is 0 Å². The van der Waals surface area contributed by atoms with Crippen molar-refractivity contribution in [2.24, 2.45) is 5.92 Å². The molecule has 0 aromatic heterocycles. The number of carboxylic acids is 1. The Balaban J connectivity index is 4.13. The number of carboxylic acid groups (broad SMARTS) is 1. The molecule has 18 heavy (non-hydrogen) atoms. The molecule has 2 amide bonds. The van der Waals surface area contributed by atoms with E-state index in [2.05, 4.69) is 17.6 Å². The second-order valence-corrected chi connectivity index (χ2v) is 6.02. The van der Waals surface area contributed by atoms with Crippen LogP contribution in [0.5, 0.6) is 0 Å². The topological polar surface area (TPSA) is 78.4 Å². The maximum absolute atomic E-state index is 11.6. The van der Waals surface area contributed by atoms with E-state index < -0.39 is 18.0 Å². The van der Waals surface area contributed by atoms with E-state index in [4.69, 9.17) is 5.11 Å². The van der Waals surface area contributed by atoms with Gasteiger partial charge in [-0.2, -0.15) is 11.8 Å². The average Bonchev–Trinajstić information content (AvgIpc) is 2.24. The predicted molar refractivity (Wildman–Crippen MR) is 75.0 cm³/mol. The number of nitrogens with one attached hydrogen (secondary N) is 2.